The maximum absolute atomic E-state index is 12.6. The molecule has 0 aromatic carbocycles. The summed E-state index contributed by atoms with van der Waals surface area (Å²) in [6.45, 7) is 5.01. The molecule has 0 saturated carbocycles. The summed E-state index contributed by atoms with van der Waals surface area (Å²) in [6, 6.07) is -0.541. The minimum atomic E-state index is -0.664. The zero-order chi connectivity index (χ0) is 62.0. The zero-order valence-corrected chi connectivity index (χ0v) is 58.8. The first-order chi connectivity index (χ1) is 42.5. The Hall–Kier alpha value is -1.40. The Morgan fingerprint density at radius 1 is 0.314 bits per heavy atom. The van der Waals surface area contributed by atoms with Crippen molar-refractivity contribution in [2.24, 2.45) is 0 Å². The van der Waals surface area contributed by atoms with Gasteiger partial charge in [0, 0.05) is 12.8 Å². The molecule has 1 amide bonds. The summed E-state index contributed by atoms with van der Waals surface area (Å²) >= 11 is 0. The van der Waals surface area contributed by atoms with Gasteiger partial charge in [0.15, 0.2) is 0 Å². The summed E-state index contributed by atoms with van der Waals surface area (Å²) in [5.74, 6) is -0.00588. The number of allylic oxidation sites excluding steroid dienone is 2. The number of amides is 1. The summed E-state index contributed by atoms with van der Waals surface area (Å²) in [4.78, 5) is 24.7. The molecule has 0 fully saturated rings. The number of carbonyl (C=O) groups is 2. The Balaban J connectivity index is 3.36. The van der Waals surface area contributed by atoms with Crippen molar-refractivity contribution in [3.05, 3.63) is 12.2 Å². The zero-order valence-electron chi connectivity index (χ0n) is 58.8. The van der Waals surface area contributed by atoms with E-state index in [4.69, 9.17) is 4.74 Å². The number of esters is 1. The van der Waals surface area contributed by atoms with Gasteiger partial charge in [0.2, 0.25) is 5.91 Å². The van der Waals surface area contributed by atoms with Gasteiger partial charge in [-0.1, -0.05) is 411 Å². The van der Waals surface area contributed by atoms with Crippen molar-refractivity contribution in [1.29, 1.82) is 0 Å². The van der Waals surface area contributed by atoms with Crippen LogP contribution in [-0.2, 0) is 14.3 Å². The lowest BCUT2D eigenvalue weighted by molar-refractivity contribution is -0.143. The van der Waals surface area contributed by atoms with Crippen LogP contribution in [0.5, 0.6) is 0 Å². The summed E-state index contributed by atoms with van der Waals surface area (Å²) < 4.78 is 5.50. The summed E-state index contributed by atoms with van der Waals surface area (Å²) in [5, 5.41) is 23.5. The van der Waals surface area contributed by atoms with Crippen LogP contribution >= 0.6 is 0 Å². The number of unbranched alkanes of at least 4 members (excludes halogenated alkanes) is 63. The Labute approximate surface area is 539 Å². The van der Waals surface area contributed by atoms with Gasteiger partial charge >= 0.3 is 5.97 Å². The van der Waals surface area contributed by atoms with Crippen LogP contribution in [0.2, 0.25) is 0 Å². The molecule has 0 heterocycles. The van der Waals surface area contributed by atoms with Crippen LogP contribution in [0.3, 0.4) is 0 Å². The summed E-state index contributed by atoms with van der Waals surface area (Å²) in [7, 11) is 0. The van der Waals surface area contributed by atoms with Gasteiger partial charge in [-0.05, 0) is 51.4 Å². The van der Waals surface area contributed by atoms with Crippen LogP contribution in [0.1, 0.15) is 463 Å². The van der Waals surface area contributed by atoms with Gasteiger partial charge < -0.3 is 20.3 Å². The lowest BCUT2D eigenvalue weighted by Crippen LogP contribution is -2.45. The Kier molecular flexibility index (Phi) is 74.8. The highest BCUT2D eigenvalue weighted by atomic mass is 16.5. The van der Waals surface area contributed by atoms with Crippen molar-refractivity contribution in [1.82, 2.24) is 5.32 Å². The second kappa shape index (κ2) is 76.1. The molecular formula is C80H157NO5. The van der Waals surface area contributed by atoms with Crippen molar-refractivity contribution < 1.29 is 24.5 Å². The van der Waals surface area contributed by atoms with E-state index in [0.29, 0.717) is 25.9 Å². The van der Waals surface area contributed by atoms with Crippen LogP contribution in [-0.4, -0.2) is 47.4 Å². The number of aliphatic hydroxyl groups is 2. The van der Waals surface area contributed by atoms with E-state index in [1.54, 1.807) is 0 Å². The van der Waals surface area contributed by atoms with E-state index in [0.717, 1.165) is 38.5 Å². The molecule has 86 heavy (non-hydrogen) atoms. The molecule has 0 radical (unpaired) electrons. The maximum atomic E-state index is 12.6. The minimum Gasteiger partial charge on any atom is -0.466 e. The molecule has 0 aliphatic rings. The SMILES string of the molecule is CCCCCCCCCCCCCCCCCCCCCCCCCCC(O)C(CO)NC(=O)CCCCCCCCCCCCCCCC/C=C\CCCCCCCCCCCCCCOC(=O)CCCCCCCCCCCCCCCCC. The third-order valence-electron chi connectivity index (χ3n) is 19.1. The predicted octanol–water partition coefficient (Wildman–Crippen LogP) is 26.3. The molecule has 0 bridgehead atoms. The third-order valence-corrected chi connectivity index (χ3v) is 19.1. The number of carbonyl (C=O) groups excluding carboxylic acids is 2. The number of aliphatic hydroxyl groups excluding tert-OH is 2. The second-order valence-electron chi connectivity index (χ2n) is 27.8. The van der Waals surface area contributed by atoms with Gasteiger partial charge in [0.25, 0.3) is 0 Å². The fourth-order valence-corrected chi connectivity index (χ4v) is 13.0. The second-order valence-corrected chi connectivity index (χ2v) is 27.8. The first-order valence-corrected chi connectivity index (χ1v) is 39.9. The van der Waals surface area contributed by atoms with Crippen molar-refractivity contribution in [2.45, 2.75) is 475 Å². The van der Waals surface area contributed by atoms with Gasteiger partial charge in [-0.15, -0.1) is 0 Å². The molecule has 0 aliphatic carbocycles. The molecule has 0 aliphatic heterocycles. The van der Waals surface area contributed by atoms with Crippen molar-refractivity contribution in [3.8, 4) is 0 Å². The highest BCUT2D eigenvalue weighted by molar-refractivity contribution is 5.76. The molecule has 3 N–H and O–H groups in total. The molecule has 0 aromatic rings. The van der Waals surface area contributed by atoms with Gasteiger partial charge in [-0.2, -0.15) is 0 Å². The highest BCUT2D eigenvalue weighted by Crippen LogP contribution is 2.20. The van der Waals surface area contributed by atoms with Crippen molar-refractivity contribution in [3.63, 3.8) is 0 Å². The Morgan fingerprint density at radius 2 is 0.547 bits per heavy atom. The lowest BCUT2D eigenvalue weighted by Gasteiger charge is -2.22. The fourth-order valence-electron chi connectivity index (χ4n) is 13.0. The number of hydrogen-bond donors (Lipinski definition) is 3. The van der Waals surface area contributed by atoms with Crippen LogP contribution in [0.15, 0.2) is 12.2 Å². The Bertz CT molecular complexity index is 1300. The van der Waals surface area contributed by atoms with E-state index in [1.807, 2.05) is 0 Å². The number of rotatable bonds is 76. The van der Waals surface area contributed by atoms with Crippen molar-refractivity contribution >= 4 is 11.9 Å². The smallest absolute Gasteiger partial charge is 0.305 e. The topological polar surface area (TPSA) is 95.9 Å². The quantitative estimate of drug-likeness (QED) is 0.0320. The van der Waals surface area contributed by atoms with E-state index >= 15 is 0 Å². The number of hydrogen-bond acceptors (Lipinski definition) is 5. The van der Waals surface area contributed by atoms with Gasteiger partial charge in [0.05, 0.1) is 25.4 Å². The molecule has 512 valence electrons. The Morgan fingerprint density at radius 3 is 0.826 bits per heavy atom. The van der Waals surface area contributed by atoms with E-state index < -0.39 is 12.1 Å². The van der Waals surface area contributed by atoms with Gasteiger partial charge in [-0.3, -0.25) is 9.59 Å². The molecule has 0 rings (SSSR count). The van der Waals surface area contributed by atoms with E-state index in [9.17, 15) is 19.8 Å². The highest BCUT2D eigenvalue weighted by Gasteiger charge is 2.20. The third kappa shape index (κ3) is 71.7. The molecular weight excluding hydrogens is 1050 g/mol. The largest absolute Gasteiger partial charge is 0.466 e. The van der Waals surface area contributed by atoms with Gasteiger partial charge in [-0.25, -0.2) is 0 Å². The van der Waals surface area contributed by atoms with Gasteiger partial charge in [0.1, 0.15) is 0 Å². The summed E-state index contributed by atoms with van der Waals surface area (Å²) in [5.41, 5.74) is 0. The molecule has 6 nitrogen and oxygen atoms in total. The molecule has 2 unspecified atom stereocenters. The van der Waals surface area contributed by atoms with E-state index in [2.05, 4.69) is 31.3 Å². The van der Waals surface area contributed by atoms with Crippen LogP contribution in [0.25, 0.3) is 0 Å². The molecule has 0 spiro atoms. The van der Waals surface area contributed by atoms with Crippen LogP contribution < -0.4 is 5.32 Å². The number of ether oxygens (including phenoxy) is 1. The fraction of sp³-hybridized carbons (Fsp3) is 0.950. The maximum Gasteiger partial charge on any atom is 0.305 e. The van der Waals surface area contributed by atoms with Crippen molar-refractivity contribution in [2.75, 3.05) is 13.2 Å². The normalized spacial score (nSPS) is 12.5. The van der Waals surface area contributed by atoms with Crippen LogP contribution in [0.4, 0.5) is 0 Å². The molecule has 2 atom stereocenters. The molecule has 6 heteroatoms. The average molecular weight is 1210 g/mol. The van der Waals surface area contributed by atoms with E-state index in [1.165, 1.54) is 392 Å². The van der Waals surface area contributed by atoms with E-state index in [-0.39, 0.29) is 18.5 Å². The molecule has 0 aromatic heterocycles. The monoisotopic (exact) mass is 1210 g/mol. The summed E-state index contributed by atoms with van der Waals surface area (Å²) in [6.07, 6.45) is 95.9. The first kappa shape index (κ1) is 84.6. The average Bonchev–Trinajstić information content (AvgIpc) is 3.52. The molecule has 0 saturated heterocycles. The minimum absolute atomic E-state index is 0.0214. The first-order valence-electron chi connectivity index (χ1n) is 39.9. The predicted molar refractivity (Wildman–Crippen MR) is 380 cm³/mol. The standard InChI is InChI=1S/C80H157NO5/c1-3-5-7-9-11-13-15-17-19-20-21-22-23-32-35-38-41-45-48-52-56-60-64-68-72-78(83)77(76-82)81-79(84)73-69-65-61-57-53-49-46-42-39-36-33-30-28-26-24-25-27-29-31-34-37-40-43-47-51-55-59-63-67-71-75-86-80(85)74-70-66-62-58-54-50-44-18-16-14-12-10-8-6-4-2/h25,27,77-78,82-83H,3-24,26,28-76H2,1-2H3,(H,81,84)/b27-25-. The lowest BCUT2D eigenvalue weighted by atomic mass is 10.0. The van der Waals surface area contributed by atoms with Crippen LogP contribution in [0, 0.1) is 0 Å². The number of nitrogens with one attached hydrogen (secondary N) is 1.